The summed E-state index contributed by atoms with van der Waals surface area (Å²) in [6.07, 6.45) is -2.80. The molecule has 0 amide bonds. The zero-order valence-corrected chi connectivity index (χ0v) is 9.85. The summed E-state index contributed by atoms with van der Waals surface area (Å²) in [4.78, 5) is 4.09. The second kappa shape index (κ2) is 5.14. The smallest absolute Gasteiger partial charge is 0.398 e. The maximum atomic E-state index is 12.4. The van der Waals surface area contributed by atoms with E-state index in [9.17, 15) is 13.2 Å². The predicted octanol–water partition coefficient (Wildman–Crippen LogP) is 4.04. The molecule has 2 nitrogen and oxygen atoms in total. The number of nitrogen functional groups attached to an aromatic ring is 1. The topological polar surface area (TPSA) is 38.4 Å². The van der Waals surface area contributed by atoms with Gasteiger partial charge in [-0.05, 0) is 30.3 Å². The van der Waals surface area contributed by atoms with Gasteiger partial charge in [-0.1, -0.05) is 18.2 Å². The van der Waals surface area contributed by atoms with Crippen LogP contribution < -0.4 is 5.73 Å². The van der Waals surface area contributed by atoms with Crippen molar-refractivity contribution in [1.29, 1.82) is 0 Å². The number of halogens is 3. The summed E-state index contributed by atoms with van der Waals surface area (Å²) in [7, 11) is 0. The van der Waals surface area contributed by atoms with Crippen LogP contribution in [0.5, 0.6) is 0 Å². The molecule has 2 aromatic carbocycles. The van der Waals surface area contributed by atoms with Gasteiger partial charge in [0.05, 0.1) is 11.3 Å². The first-order chi connectivity index (χ1) is 8.97. The van der Waals surface area contributed by atoms with Crippen molar-refractivity contribution in [1.82, 2.24) is 0 Å². The van der Waals surface area contributed by atoms with Crippen molar-refractivity contribution in [3.8, 4) is 0 Å². The Hall–Kier alpha value is -2.30. The summed E-state index contributed by atoms with van der Waals surface area (Å²) < 4.78 is 37.1. The minimum absolute atomic E-state index is 0.441. The zero-order valence-electron chi connectivity index (χ0n) is 9.85. The number of para-hydroxylation sites is 1. The third kappa shape index (κ3) is 3.34. The van der Waals surface area contributed by atoms with Crippen molar-refractivity contribution in [2.75, 3.05) is 5.73 Å². The third-order valence-electron chi connectivity index (χ3n) is 2.54. The quantitative estimate of drug-likeness (QED) is 0.645. The first kappa shape index (κ1) is 13.1. The standard InChI is InChI=1S/C14H11F3N2/c15-14(16,17)11-5-7-12(8-6-11)19-9-10-3-1-2-4-13(10)18/h1-9H,18H2. The Kier molecular flexibility index (Phi) is 3.55. The van der Waals surface area contributed by atoms with E-state index in [1.807, 2.05) is 6.07 Å². The number of alkyl halides is 3. The molecule has 0 saturated carbocycles. The Balaban J connectivity index is 2.19. The highest BCUT2D eigenvalue weighted by molar-refractivity contribution is 5.88. The fourth-order valence-corrected chi connectivity index (χ4v) is 1.51. The molecule has 98 valence electrons. The van der Waals surface area contributed by atoms with Crippen LogP contribution >= 0.6 is 0 Å². The highest BCUT2D eigenvalue weighted by Gasteiger charge is 2.29. The molecule has 5 heteroatoms. The van der Waals surface area contributed by atoms with Gasteiger partial charge in [-0.2, -0.15) is 13.2 Å². The van der Waals surface area contributed by atoms with E-state index in [4.69, 9.17) is 5.73 Å². The van der Waals surface area contributed by atoms with E-state index < -0.39 is 11.7 Å². The van der Waals surface area contributed by atoms with Crippen molar-refractivity contribution in [3.63, 3.8) is 0 Å². The van der Waals surface area contributed by atoms with E-state index in [2.05, 4.69) is 4.99 Å². The number of anilines is 1. The van der Waals surface area contributed by atoms with Crippen molar-refractivity contribution in [2.24, 2.45) is 4.99 Å². The molecular weight excluding hydrogens is 253 g/mol. The van der Waals surface area contributed by atoms with Crippen molar-refractivity contribution in [2.45, 2.75) is 6.18 Å². The predicted molar refractivity (Wildman–Crippen MR) is 69.6 cm³/mol. The van der Waals surface area contributed by atoms with Gasteiger partial charge in [0.15, 0.2) is 0 Å². The molecule has 2 N–H and O–H groups in total. The second-order valence-corrected chi connectivity index (χ2v) is 3.93. The summed E-state index contributed by atoms with van der Waals surface area (Å²) >= 11 is 0. The van der Waals surface area contributed by atoms with E-state index >= 15 is 0 Å². The third-order valence-corrected chi connectivity index (χ3v) is 2.54. The molecule has 0 aliphatic carbocycles. The normalized spacial score (nSPS) is 11.9. The molecule has 0 heterocycles. The number of hydrogen-bond acceptors (Lipinski definition) is 2. The van der Waals surface area contributed by atoms with Crippen LogP contribution in [0, 0.1) is 0 Å². The first-order valence-electron chi connectivity index (χ1n) is 5.52. The largest absolute Gasteiger partial charge is 0.416 e. The van der Waals surface area contributed by atoms with Gasteiger partial charge in [0, 0.05) is 17.5 Å². The number of benzene rings is 2. The summed E-state index contributed by atoms with van der Waals surface area (Å²) in [6.45, 7) is 0. The molecule has 0 aliphatic heterocycles. The van der Waals surface area contributed by atoms with Crippen LogP contribution in [0.2, 0.25) is 0 Å². The summed E-state index contributed by atoms with van der Waals surface area (Å²) in [5.74, 6) is 0. The van der Waals surface area contributed by atoms with Crippen LogP contribution in [-0.2, 0) is 6.18 Å². The Labute approximate surface area is 108 Å². The molecule has 0 bridgehead atoms. The van der Waals surface area contributed by atoms with Crippen LogP contribution in [0.4, 0.5) is 24.5 Å². The molecule has 0 aromatic heterocycles. The molecular formula is C14H11F3N2. The lowest BCUT2D eigenvalue weighted by atomic mass is 10.2. The van der Waals surface area contributed by atoms with Crippen LogP contribution in [0.1, 0.15) is 11.1 Å². The zero-order chi connectivity index (χ0) is 13.9. The van der Waals surface area contributed by atoms with Crippen molar-refractivity contribution < 1.29 is 13.2 Å². The average molecular weight is 264 g/mol. The van der Waals surface area contributed by atoms with Crippen LogP contribution in [0.15, 0.2) is 53.5 Å². The van der Waals surface area contributed by atoms with Gasteiger partial charge in [-0.15, -0.1) is 0 Å². The maximum Gasteiger partial charge on any atom is 0.416 e. The molecule has 2 aromatic rings. The first-order valence-corrected chi connectivity index (χ1v) is 5.52. The number of rotatable bonds is 2. The number of aliphatic imine (C=N–C) groups is 1. The number of hydrogen-bond donors (Lipinski definition) is 1. The van der Waals surface area contributed by atoms with Crippen molar-refractivity contribution in [3.05, 3.63) is 59.7 Å². The van der Waals surface area contributed by atoms with Crippen molar-refractivity contribution >= 4 is 17.6 Å². The van der Waals surface area contributed by atoms with Gasteiger partial charge in [0.25, 0.3) is 0 Å². The molecule has 0 aliphatic rings. The van der Waals surface area contributed by atoms with E-state index in [0.717, 1.165) is 17.7 Å². The number of nitrogens with two attached hydrogens (primary N) is 1. The van der Waals surface area contributed by atoms with Crippen LogP contribution in [0.3, 0.4) is 0 Å². The lowest BCUT2D eigenvalue weighted by Gasteiger charge is -2.05. The molecule has 0 radical (unpaired) electrons. The van der Waals surface area contributed by atoms with E-state index in [0.29, 0.717) is 11.4 Å². The van der Waals surface area contributed by atoms with Gasteiger partial charge in [0.2, 0.25) is 0 Å². The Bertz CT molecular complexity index is 586. The van der Waals surface area contributed by atoms with Crippen LogP contribution in [0.25, 0.3) is 0 Å². The molecule has 0 saturated heterocycles. The Morgan fingerprint density at radius 2 is 1.58 bits per heavy atom. The Morgan fingerprint density at radius 3 is 2.16 bits per heavy atom. The highest BCUT2D eigenvalue weighted by Crippen LogP contribution is 2.30. The van der Waals surface area contributed by atoms with Gasteiger partial charge in [0.1, 0.15) is 0 Å². The minimum atomic E-state index is -4.33. The molecule has 0 unspecified atom stereocenters. The van der Waals surface area contributed by atoms with Crippen LogP contribution in [-0.4, -0.2) is 6.21 Å². The van der Waals surface area contributed by atoms with E-state index in [-0.39, 0.29) is 0 Å². The molecule has 0 atom stereocenters. The summed E-state index contributed by atoms with van der Waals surface area (Å²) in [6, 6.07) is 11.8. The van der Waals surface area contributed by atoms with E-state index in [1.165, 1.54) is 18.3 Å². The molecule has 0 spiro atoms. The highest BCUT2D eigenvalue weighted by atomic mass is 19.4. The fourth-order valence-electron chi connectivity index (χ4n) is 1.51. The number of nitrogens with zero attached hydrogens (tertiary/aromatic N) is 1. The second-order valence-electron chi connectivity index (χ2n) is 3.93. The van der Waals surface area contributed by atoms with Gasteiger partial charge in [-0.3, -0.25) is 4.99 Å². The Morgan fingerprint density at radius 1 is 0.947 bits per heavy atom. The van der Waals surface area contributed by atoms with Gasteiger partial charge >= 0.3 is 6.18 Å². The van der Waals surface area contributed by atoms with Gasteiger partial charge < -0.3 is 5.73 Å². The van der Waals surface area contributed by atoms with E-state index in [1.54, 1.807) is 18.2 Å². The lowest BCUT2D eigenvalue weighted by Crippen LogP contribution is -2.03. The van der Waals surface area contributed by atoms with Gasteiger partial charge in [-0.25, -0.2) is 0 Å². The molecule has 0 fully saturated rings. The summed E-state index contributed by atoms with van der Waals surface area (Å²) in [5.41, 5.74) is 6.77. The molecule has 19 heavy (non-hydrogen) atoms. The molecule has 2 rings (SSSR count). The average Bonchev–Trinajstić information content (AvgIpc) is 2.37. The lowest BCUT2D eigenvalue weighted by molar-refractivity contribution is -0.137. The fraction of sp³-hybridized carbons (Fsp3) is 0.0714. The monoisotopic (exact) mass is 264 g/mol. The SMILES string of the molecule is Nc1ccccc1C=Nc1ccc(C(F)(F)F)cc1. The minimum Gasteiger partial charge on any atom is -0.398 e. The maximum absolute atomic E-state index is 12.4. The summed E-state index contributed by atoms with van der Waals surface area (Å²) in [5, 5.41) is 0.